The molecule has 0 aliphatic rings. The van der Waals surface area contributed by atoms with Gasteiger partial charge < -0.3 is 20.3 Å². The van der Waals surface area contributed by atoms with Gasteiger partial charge in [0.1, 0.15) is 5.82 Å². The molecule has 2 N–H and O–H groups in total. The zero-order valence-electron chi connectivity index (χ0n) is 16.5. The maximum atomic E-state index is 12.6. The maximum Gasteiger partial charge on any atom is 0.337 e. The lowest BCUT2D eigenvalue weighted by molar-refractivity contribution is 0.0600. The van der Waals surface area contributed by atoms with Gasteiger partial charge in [-0.25, -0.2) is 9.78 Å². The smallest absolute Gasteiger partial charge is 0.337 e. The summed E-state index contributed by atoms with van der Waals surface area (Å²) in [7, 11) is 5.27. The quantitative estimate of drug-likeness (QED) is 0.621. The van der Waals surface area contributed by atoms with Crippen LogP contribution in [0.5, 0.6) is 0 Å². The van der Waals surface area contributed by atoms with Gasteiger partial charge in [-0.2, -0.15) is 0 Å². The van der Waals surface area contributed by atoms with Crippen molar-refractivity contribution >= 4 is 34.8 Å². The number of anilines is 4. The average molecular weight is 390 g/mol. The van der Waals surface area contributed by atoms with Crippen molar-refractivity contribution < 1.29 is 14.3 Å². The standard InChI is InChI=1S/C22H22N4O3/c1-26(2)19-9-7-17(8-10-19)24-20-14-15(11-12-23-20)21(27)25-18-6-4-5-16(13-18)22(28)29-3/h4-14H,1-3H3,(H,23,24)(H,25,27). The van der Waals surface area contributed by atoms with Crippen LogP contribution >= 0.6 is 0 Å². The van der Waals surface area contributed by atoms with Crippen LogP contribution in [-0.2, 0) is 4.74 Å². The lowest BCUT2D eigenvalue weighted by atomic mass is 10.2. The van der Waals surface area contributed by atoms with E-state index in [1.165, 1.54) is 7.11 Å². The number of benzene rings is 2. The third-order valence-electron chi connectivity index (χ3n) is 4.22. The number of aromatic nitrogens is 1. The Hall–Kier alpha value is -3.87. The van der Waals surface area contributed by atoms with Gasteiger partial charge in [-0.15, -0.1) is 0 Å². The van der Waals surface area contributed by atoms with Gasteiger partial charge in [0.05, 0.1) is 12.7 Å². The van der Waals surface area contributed by atoms with Crippen LogP contribution in [0.25, 0.3) is 0 Å². The summed E-state index contributed by atoms with van der Waals surface area (Å²) in [6.07, 6.45) is 1.57. The third-order valence-corrected chi connectivity index (χ3v) is 4.22. The summed E-state index contributed by atoms with van der Waals surface area (Å²) < 4.78 is 4.70. The minimum Gasteiger partial charge on any atom is -0.465 e. The predicted molar refractivity (Wildman–Crippen MR) is 114 cm³/mol. The second kappa shape index (κ2) is 8.88. The van der Waals surface area contributed by atoms with Gasteiger partial charge in [-0.1, -0.05) is 6.07 Å². The number of carbonyl (C=O) groups is 2. The molecule has 7 heteroatoms. The molecule has 0 spiro atoms. The van der Waals surface area contributed by atoms with Gasteiger partial charge in [0, 0.05) is 42.9 Å². The number of methoxy groups -OCH3 is 1. The number of nitrogens with zero attached hydrogens (tertiary/aromatic N) is 2. The van der Waals surface area contributed by atoms with Crippen LogP contribution < -0.4 is 15.5 Å². The molecule has 2 aromatic carbocycles. The van der Waals surface area contributed by atoms with E-state index in [-0.39, 0.29) is 5.91 Å². The van der Waals surface area contributed by atoms with Crippen molar-refractivity contribution in [2.24, 2.45) is 0 Å². The van der Waals surface area contributed by atoms with Crippen LogP contribution in [0.2, 0.25) is 0 Å². The first-order valence-electron chi connectivity index (χ1n) is 8.96. The second-order valence-electron chi connectivity index (χ2n) is 6.52. The van der Waals surface area contributed by atoms with E-state index in [4.69, 9.17) is 4.74 Å². The molecule has 0 unspecified atom stereocenters. The number of pyridine rings is 1. The number of hydrogen-bond donors (Lipinski definition) is 2. The summed E-state index contributed by atoms with van der Waals surface area (Å²) in [6, 6.07) is 17.7. The molecule has 3 rings (SSSR count). The monoisotopic (exact) mass is 390 g/mol. The number of esters is 1. The first-order chi connectivity index (χ1) is 14.0. The Morgan fingerprint density at radius 2 is 1.69 bits per heavy atom. The number of nitrogens with one attached hydrogen (secondary N) is 2. The van der Waals surface area contributed by atoms with Gasteiger partial charge in [-0.3, -0.25) is 4.79 Å². The molecule has 1 aromatic heterocycles. The number of carbonyl (C=O) groups excluding carboxylic acids is 2. The fourth-order valence-corrected chi connectivity index (χ4v) is 2.68. The lowest BCUT2D eigenvalue weighted by Crippen LogP contribution is -2.13. The van der Waals surface area contributed by atoms with Crippen molar-refractivity contribution in [1.29, 1.82) is 0 Å². The minimum atomic E-state index is -0.461. The maximum absolute atomic E-state index is 12.6. The zero-order chi connectivity index (χ0) is 20.8. The van der Waals surface area contributed by atoms with Crippen LogP contribution in [0.3, 0.4) is 0 Å². The van der Waals surface area contributed by atoms with E-state index in [1.54, 1.807) is 42.6 Å². The molecule has 0 aliphatic heterocycles. The highest BCUT2D eigenvalue weighted by molar-refractivity contribution is 6.05. The van der Waals surface area contributed by atoms with E-state index in [0.717, 1.165) is 11.4 Å². The molecule has 1 amide bonds. The summed E-state index contributed by atoms with van der Waals surface area (Å²) in [4.78, 5) is 30.5. The van der Waals surface area contributed by atoms with Crippen molar-refractivity contribution in [3.05, 3.63) is 78.0 Å². The molecular weight excluding hydrogens is 368 g/mol. The summed E-state index contributed by atoms with van der Waals surface area (Å²) in [5.74, 6) is -0.212. The van der Waals surface area contributed by atoms with Gasteiger partial charge in [0.25, 0.3) is 5.91 Å². The number of ether oxygens (including phenoxy) is 1. The molecule has 0 fully saturated rings. The van der Waals surface area contributed by atoms with Gasteiger partial charge in [0.15, 0.2) is 0 Å². The molecule has 0 saturated heterocycles. The van der Waals surface area contributed by atoms with Crippen molar-refractivity contribution in [1.82, 2.24) is 4.98 Å². The fraction of sp³-hybridized carbons (Fsp3) is 0.136. The van der Waals surface area contributed by atoms with Crippen molar-refractivity contribution in [2.75, 3.05) is 36.7 Å². The molecule has 1 heterocycles. The average Bonchev–Trinajstić information content (AvgIpc) is 2.74. The Balaban J connectivity index is 1.72. The Labute approximate surface area is 169 Å². The Kier molecular flexibility index (Phi) is 6.09. The summed E-state index contributed by atoms with van der Waals surface area (Å²) in [5.41, 5.74) is 3.26. The molecule has 0 aliphatic carbocycles. The summed E-state index contributed by atoms with van der Waals surface area (Å²) in [5, 5.41) is 5.97. The van der Waals surface area contributed by atoms with E-state index in [0.29, 0.717) is 22.6 Å². The molecule has 0 radical (unpaired) electrons. The summed E-state index contributed by atoms with van der Waals surface area (Å²) in [6.45, 7) is 0. The molecule has 7 nitrogen and oxygen atoms in total. The number of rotatable bonds is 6. The second-order valence-corrected chi connectivity index (χ2v) is 6.52. The SMILES string of the molecule is COC(=O)c1cccc(NC(=O)c2ccnc(Nc3ccc(N(C)C)cc3)c2)c1. The zero-order valence-corrected chi connectivity index (χ0v) is 16.5. The Morgan fingerprint density at radius 1 is 0.931 bits per heavy atom. The van der Waals surface area contributed by atoms with Crippen molar-refractivity contribution in [3.63, 3.8) is 0 Å². The number of amides is 1. The molecule has 148 valence electrons. The van der Waals surface area contributed by atoms with E-state index in [9.17, 15) is 9.59 Å². The fourth-order valence-electron chi connectivity index (χ4n) is 2.68. The highest BCUT2D eigenvalue weighted by Gasteiger charge is 2.10. The van der Waals surface area contributed by atoms with Crippen LogP contribution in [0.4, 0.5) is 22.9 Å². The van der Waals surface area contributed by atoms with E-state index in [2.05, 4.69) is 15.6 Å². The Morgan fingerprint density at radius 3 is 2.38 bits per heavy atom. The molecule has 0 atom stereocenters. The Bertz CT molecular complexity index is 1020. The van der Waals surface area contributed by atoms with Gasteiger partial charge in [0.2, 0.25) is 0 Å². The first kappa shape index (κ1) is 19.9. The third kappa shape index (κ3) is 5.10. The first-order valence-corrected chi connectivity index (χ1v) is 8.96. The predicted octanol–water partition coefficient (Wildman–Crippen LogP) is 3.93. The van der Waals surface area contributed by atoms with Crippen molar-refractivity contribution in [3.8, 4) is 0 Å². The lowest BCUT2D eigenvalue weighted by Gasteiger charge is -2.13. The molecule has 3 aromatic rings. The largest absolute Gasteiger partial charge is 0.465 e. The number of hydrogen-bond acceptors (Lipinski definition) is 6. The molecule has 0 bridgehead atoms. The highest BCUT2D eigenvalue weighted by atomic mass is 16.5. The normalized spacial score (nSPS) is 10.2. The van der Waals surface area contributed by atoms with E-state index < -0.39 is 5.97 Å². The summed E-state index contributed by atoms with van der Waals surface area (Å²) >= 11 is 0. The van der Waals surface area contributed by atoms with Crippen LogP contribution in [0.1, 0.15) is 20.7 Å². The van der Waals surface area contributed by atoms with Crippen LogP contribution in [0, 0.1) is 0 Å². The van der Waals surface area contributed by atoms with Gasteiger partial charge >= 0.3 is 5.97 Å². The topological polar surface area (TPSA) is 83.6 Å². The molecule has 0 saturated carbocycles. The molecular formula is C22H22N4O3. The van der Waals surface area contributed by atoms with Crippen molar-refractivity contribution in [2.45, 2.75) is 0 Å². The van der Waals surface area contributed by atoms with Crippen LogP contribution in [0.15, 0.2) is 66.9 Å². The highest BCUT2D eigenvalue weighted by Crippen LogP contribution is 2.20. The van der Waals surface area contributed by atoms with Gasteiger partial charge in [-0.05, 0) is 54.6 Å². The van der Waals surface area contributed by atoms with Crippen LogP contribution in [-0.4, -0.2) is 38.1 Å². The minimum absolute atomic E-state index is 0.305. The van der Waals surface area contributed by atoms with E-state index in [1.807, 2.05) is 43.3 Å². The van der Waals surface area contributed by atoms with E-state index >= 15 is 0 Å². The molecule has 29 heavy (non-hydrogen) atoms.